The van der Waals surface area contributed by atoms with Crippen molar-refractivity contribution in [3.63, 3.8) is 0 Å². The summed E-state index contributed by atoms with van der Waals surface area (Å²) in [6.07, 6.45) is 1.46. The molecular formula is C13H20ClN3O. The number of methoxy groups -OCH3 is 1. The average molecular weight is 270 g/mol. The van der Waals surface area contributed by atoms with Gasteiger partial charge in [0.15, 0.2) is 0 Å². The van der Waals surface area contributed by atoms with Crippen LogP contribution in [0.5, 0.6) is 0 Å². The first-order valence-electron chi connectivity index (χ1n) is 6.33. The Morgan fingerprint density at radius 2 is 2.28 bits per heavy atom. The van der Waals surface area contributed by atoms with Crippen molar-refractivity contribution in [1.29, 1.82) is 0 Å². The van der Waals surface area contributed by atoms with Crippen molar-refractivity contribution in [3.8, 4) is 0 Å². The van der Waals surface area contributed by atoms with Gasteiger partial charge in [0, 0.05) is 19.3 Å². The second kappa shape index (κ2) is 5.95. The minimum absolute atomic E-state index is 0.305. The predicted octanol–water partition coefficient (Wildman–Crippen LogP) is 2.30. The lowest BCUT2D eigenvalue weighted by molar-refractivity contribution is -0.00817. The molecule has 5 heteroatoms. The number of piperidine rings is 1. The number of halogens is 1. The van der Waals surface area contributed by atoms with Crippen LogP contribution in [-0.2, 0) is 11.3 Å². The Kier molecular flexibility index (Phi) is 4.54. The van der Waals surface area contributed by atoms with E-state index in [2.05, 4.69) is 21.8 Å². The zero-order valence-electron chi connectivity index (χ0n) is 11.2. The largest absolute Gasteiger partial charge is 0.380 e. The molecule has 0 bridgehead atoms. The molecule has 0 spiro atoms. The quantitative estimate of drug-likeness (QED) is 0.790. The average Bonchev–Trinajstić information content (AvgIpc) is 2.30. The topological polar surface area (TPSA) is 38.2 Å². The van der Waals surface area contributed by atoms with Gasteiger partial charge in [0.2, 0.25) is 0 Å². The van der Waals surface area contributed by atoms with Crippen molar-refractivity contribution in [2.24, 2.45) is 5.92 Å². The third kappa shape index (κ3) is 3.40. The number of ether oxygens (including phenoxy) is 1. The third-order valence-corrected chi connectivity index (χ3v) is 3.70. The highest BCUT2D eigenvalue weighted by molar-refractivity contribution is 6.29. The molecule has 1 aromatic rings. The van der Waals surface area contributed by atoms with Crippen LogP contribution >= 0.6 is 11.6 Å². The van der Waals surface area contributed by atoms with Crippen molar-refractivity contribution < 1.29 is 4.74 Å². The second-order valence-electron chi connectivity index (χ2n) is 5.02. The van der Waals surface area contributed by atoms with Crippen LogP contribution in [0.4, 0.5) is 0 Å². The summed E-state index contributed by atoms with van der Waals surface area (Å²) in [5, 5.41) is 0.520. The monoisotopic (exact) mass is 269 g/mol. The van der Waals surface area contributed by atoms with Crippen LogP contribution in [0.25, 0.3) is 0 Å². The fraction of sp³-hybridized carbons (Fsp3) is 0.692. The van der Waals surface area contributed by atoms with Crippen LogP contribution in [-0.4, -0.2) is 41.2 Å². The molecule has 0 amide bonds. The first-order valence-corrected chi connectivity index (χ1v) is 6.71. The van der Waals surface area contributed by atoms with E-state index in [1.165, 1.54) is 0 Å². The fourth-order valence-corrected chi connectivity index (χ4v) is 2.66. The summed E-state index contributed by atoms with van der Waals surface area (Å²) in [6, 6.07) is 1.78. The first kappa shape index (κ1) is 13.7. The van der Waals surface area contributed by atoms with Crippen molar-refractivity contribution in [3.05, 3.63) is 22.7 Å². The SMILES string of the molecule is COC1CN(Cc2nc(C)cc(Cl)n2)CCC1C. The summed E-state index contributed by atoms with van der Waals surface area (Å²) in [4.78, 5) is 11.0. The number of aromatic nitrogens is 2. The minimum atomic E-state index is 0.305. The van der Waals surface area contributed by atoms with Crippen molar-refractivity contribution in [2.75, 3.05) is 20.2 Å². The van der Waals surface area contributed by atoms with Crippen LogP contribution in [0.3, 0.4) is 0 Å². The smallest absolute Gasteiger partial charge is 0.144 e. The molecule has 1 aliphatic rings. The van der Waals surface area contributed by atoms with E-state index >= 15 is 0 Å². The minimum Gasteiger partial charge on any atom is -0.380 e. The highest BCUT2D eigenvalue weighted by atomic mass is 35.5. The van der Waals surface area contributed by atoms with E-state index in [-0.39, 0.29) is 0 Å². The number of hydrogen-bond acceptors (Lipinski definition) is 4. The molecule has 0 aliphatic carbocycles. The summed E-state index contributed by atoms with van der Waals surface area (Å²) in [7, 11) is 1.78. The summed E-state index contributed by atoms with van der Waals surface area (Å²) >= 11 is 5.95. The standard InChI is InChI=1S/C13H20ClN3O/c1-9-4-5-17(7-11(9)18-3)8-13-15-10(2)6-12(14)16-13/h6,9,11H,4-5,7-8H2,1-3H3. The lowest BCUT2D eigenvalue weighted by Crippen LogP contribution is -2.43. The zero-order valence-corrected chi connectivity index (χ0v) is 11.9. The van der Waals surface area contributed by atoms with Gasteiger partial charge in [0.25, 0.3) is 0 Å². The van der Waals surface area contributed by atoms with E-state index in [4.69, 9.17) is 16.3 Å². The Bertz CT molecular complexity index is 393. The number of rotatable bonds is 3. The van der Waals surface area contributed by atoms with Crippen molar-refractivity contribution in [1.82, 2.24) is 14.9 Å². The van der Waals surface area contributed by atoms with Gasteiger partial charge in [0.1, 0.15) is 11.0 Å². The lowest BCUT2D eigenvalue weighted by atomic mass is 9.96. The number of likely N-dealkylation sites (tertiary alicyclic amines) is 1. The Morgan fingerprint density at radius 1 is 1.50 bits per heavy atom. The van der Waals surface area contributed by atoms with Crippen LogP contribution in [0.1, 0.15) is 24.9 Å². The van der Waals surface area contributed by atoms with E-state index in [0.29, 0.717) is 17.2 Å². The molecule has 2 unspecified atom stereocenters. The summed E-state index contributed by atoms with van der Waals surface area (Å²) < 4.78 is 5.51. The van der Waals surface area contributed by atoms with Crippen molar-refractivity contribution in [2.45, 2.75) is 32.9 Å². The van der Waals surface area contributed by atoms with Crippen LogP contribution in [0, 0.1) is 12.8 Å². The maximum Gasteiger partial charge on any atom is 0.144 e. The highest BCUT2D eigenvalue weighted by Crippen LogP contribution is 2.20. The van der Waals surface area contributed by atoms with E-state index in [1.807, 2.05) is 6.92 Å². The molecule has 0 radical (unpaired) electrons. The molecule has 100 valence electrons. The summed E-state index contributed by atoms with van der Waals surface area (Å²) in [6.45, 7) is 6.93. The third-order valence-electron chi connectivity index (χ3n) is 3.51. The zero-order chi connectivity index (χ0) is 13.1. The molecule has 4 nitrogen and oxygen atoms in total. The molecule has 0 N–H and O–H groups in total. The molecular weight excluding hydrogens is 250 g/mol. The van der Waals surface area contributed by atoms with E-state index < -0.39 is 0 Å². The van der Waals surface area contributed by atoms with Gasteiger partial charge in [-0.3, -0.25) is 4.90 Å². The number of nitrogens with zero attached hydrogens (tertiary/aromatic N) is 3. The van der Waals surface area contributed by atoms with Gasteiger partial charge in [-0.05, 0) is 31.9 Å². The van der Waals surface area contributed by atoms with Gasteiger partial charge in [-0.25, -0.2) is 9.97 Å². The highest BCUT2D eigenvalue weighted by Gasteiger charge is 2.26. The first-order chi connectivity index (χ1) is 8.58. The maximum absolute atomic E-state index is 5.95. The fourth-order valence-electron chi connectivity index (χ4n) is 2.41. The Hall–Kier alpha value is -0.710. The van der Waals surface area contributed by atoms with Gasteiger partial charge in [0.05, 0.1) is 12.6 Å². The molecule has 0 aromatic carbocycles. The molecule has 2 heterocycles. The molecule has 1 saturated heterocycles. The molecule has 1 aromatic heterocycles. The van der Waals surface area contributed by atoms with E-state index in [0.717, 1.165) is 37.6 Å². The summed E-state index contributed by atoms with van der Waals surface area (Å²) in [5.74, 6) is 1.41. The van der Waals surface area contributed by atoms with Gasteiger partial charge in [-0.2, -0.15) is 0 Å². The molecule has 2 rings (SSSR count). The van der Waals surface area contributed by atoms with E-state index in [1.54, 1.807) is 13.2 Å². The molecule has 1 aliphatic heterocycles. The molecule has 18 heavy (non-hydrogen) atoms. The van der Waals surface area contributed by atoms with Crippen LogP contribution in [0.15, 0.2) is 6.07 Å². The van der Waals surface area contributed by atoms with Gasteiger partial charge < -0.3 is 4.74 Å². The Labute approximate surface area is 113 Å². The molecule has 2 atom stereocenters. The van der Waals surface area contributed by atoms with Crippen molar-refractivity contribution >= 4 is 11.6 Å². The van der Waals surface area contributed by atoms with Gasteiger partial charge >= 0.3 is 0 Å². The van der Waals surface area contributed by atoms with E-state index in [9.17, 15) is 0 Å². The van der Waals surface area contributed by atoms with Crippen LogP contribution < -0.4 is 0 Å². The molecule has 1 fully saturated rings. The maximum atomic E-state index is 5.95. The predicted molar refractivity (Wildman–Crippen MR) is 71.6 cm³/mol. The Balaban J connectivity index is 2.01. The Morgan fingerprint density at radius 3 is 2.94 bits per heavy atom. The van der Waals surface area contributed by atoms with Gasteiger partial charge in [-0.15, -0.1) is 0 Å². The molecule has 0 saturated carbocycles. The summed E-state index contributed by atoms with van der Waals surface area (Å²) in [5.41, 5.74) is 0.915. The second-order valence-corrected chi connectivity index (χ2v) is 5.41. The number of aryl methyl sites for hydroxylation is 1. The van der Waals surface area contributed by atoms with Gasteiger partial charge in [-0.1, -0.05) is 18.5 Å². The normalized spacial score (nSPS) is 25.3. The number of hydrogen-bond donors (Lipinski definition) is 0. The van der Waals surface area contributed by atoms with Crippen LogP contribution in [0.2, 0.25) is 5.15 Å². The lowest BCUT2D eigenvalue weighted by Gasteiger charge is -2.35.